The first-order valence-electron chi connectivity index (χ1n) is 5.87. The van der Waals surface area contributed by atoms with Gasteiger partial charge >= 0.3 is 103 Å². The van der Waals surface area contributed by atoms with Gasteiger partial charge in [0, 0.05) is 0 Å². The van der Waals surface area contributed by atoms with Crippen LogP contribution in [-0.4, -0.2) is 0 Å². The quantitative estimate of drug-likeness (QED) is 0.558. The van der Waals surface area contributed by atoms with E-state index in [1.807, 2.05) is 0 Å². The zero-order valence-corrected chi connectivity index (χ0v) is 12.6. The Morgan fingerprint density at radius 2 is 1.73 bits per heavy atom. The van der Waals surface area contributed by atoms with E-state index in [0.29, 0.717) is 20.2 Å². The first kappa shape index (κ1) is 10.3. The maximum absolute atomic E-state index is 3.69. The fraction of sp³-hybridized carbons (Fsp3) is 0.786. The van der Waals surface area contributed by atoms with E-state index in [1.165, 1.54) is 18.4 Å². The van der Waals surface area contributed by atoms with Gasteiger partial charge in [-0.25, -0.2) is 0 Å². The molecule has 3 aliphatic carbocycles. The SMILES string of the molecule is CC1=C=C2CCC23C(C)(C)C(C)(C)[C]13[Ir]. The van der Waals surface area contributed by atoms with E-state index in [2.05, 4.69) is 59.2 Å². The molecule has 0 bridgehead atoms. The second-order valence-corrected chi connectivity index (χ2v) is 8.31. The van der Waals surface area contributed by atoms with Crippen LogP contribution in [0.25, 0.3) is 0 Å². The number of hydrogen-bond acceptors (Lipinski definition) is 0. The standard InChI is InChI=1S/C14H19.Ir/c1-9-8-10-6-7-14(10)11(9)12(2,3)13(14,4)5;/h6-7H2,1-5H3;. The summed E-state index contributed by atoms with van der Waals surface area (Å²) in [4.78, 5) is 0. The molecular formula is C14H19Ir. The molecule has 3 rings (SSSR count). The van der Waals surface area contributed by atoms with Crippen molar-refractivity contribution in [3.8, 4) is 0 Å². The third kappa shape index (κ3) is 0.620. The number of allylic oxidation sites excluding steroid dienone is 1. The molecule has 3 aliphatic rings. The summed E-state index contributed by atoms with van der Waals surface area (Å²) in [5.74, 6) is 0. The van der Waals surface area contributed by atoms with E-state index in [4.69, 9.17) is 0 Å². The molecular weight excluding hydrogens is 360 g/mol. The monoisotopic (exact) mass is 380 g/mol. The molecule has 1 heteroatoms. The van der Waals surface area contributed by atoms with Crippen LogP contribution in [-0.2, 0) is 18.9 Å². The second kappa shape index (κ2) is 2.23. The Kier molecular flexibility index (Phi) is 1.54. The first-order chi connectivity index (χ1) is 6.73. The molecule has 2 unspecified atom stereocenters. The van der Waals surface area contributed by atoms with Crippen molar-refractivity contribution in [2.45, 2.75) is 51.4 Å². The van der Waals surface area contributed by atoms with Gasteiger partial charge in [-0.3, -0.25) is 0 Å². The van der Waals surface area contributed by atoms with Crippen molar-refractivity contribution < 1.29 is 18.9 Å². The van der Waals surface area contributed by atoms with Gasteiger partial charge in [-0.1, -0.05) is 0 Å². The van der Waals surface area contributed by atoms with Crippen LogP contribution in [0.1, 0.15) is 47.5 Å². The molecule has 84 valence electrons. The summed E-state index contributed by atoms with van der Waals surface area (Å²) < 4.78 is 0.386. The van der Waals surface area contributed by atoms with Crippen LogP contribution in [0.15, 0.2) is 16.9 Å². The topological polar surface area (TPSA) is 0 Å². The van der Waals surface area contributed by atoms with Crippen molar-refractivity contribution >= 4 is 0 Å². The van der Waals surface area contributed by atoms with E-state index in [-0.39, 0.29) is 0 Å². The summed E-state index contributed by atoms with van der Waals surface area (Å²) in [7, 11) is 0. The summed E-state index contributed by atoms with van der Waals surface area (Å²) in [6.07, 6.45) is 2.69. The van der Waals surface area contributed by atoms with E-state index in [0.717, 1.165) is 0 Å². The van der Waals surface area contributed by atoms with Gasteiger partial charge < -0.3 is 0 Å². The summed E-state index contributed by atoms with van der Waals surface area (Å²) in [5, 5.41) is 0. The Bertz CT molecular complexity index is 410. The Labute approximate surface area is 103 Å². The van der Waals surface area contributed by atoms with E-state index in [9.17, 15) is 0 Å². The van der Waals surface area contributed by atoms with E-state index in [1.54, 1.807) is 5.57 Å². The van der Waals surface area contributed by atoms with Crippen molar-refractivity contribution in [2.75, 3.05) is 0 Å². The number of rotatable bonds is 0. The van der Waals surface area contributed by atoms with E-state index >= 15 is 0 Å². The molecule has 0 saturated heterocycles. The van der Waals surface area contributed by atoms with Crippen LogP contribution in [0.5, 0.6) is 0 Å². The van der Waals surface area contributed by atoms with Crippen LogP contribution < -0.4 is 0 Å². The Balaban J connectivity index is 2.26. The van der Waals surface area contributed by atoms with Gasteiger partial charge in [0.2, 0.25) is 0 Å². The third-order valence-corrected chi connectivity index (χ3v) is 9.55. The summed E-state index contributed by atoms with van der Waals surface area (Å²) >= 11 is 2.48. The molecule has 0 N–H and O–H groups in total. The van der Waals surface area contributed by atoms with Gasteiger partial charge in [-0.15, -0.1) is 0 Å². The summed E-state index contributed by atoms with van der Waals surface area (Å²) in [6, 6.07) is 0. The molecule has 0 heterocycles. The molecule has 0 aromatic carbocycles. The minimum absolute atomic E-state index is 0.386. The fourth-order valence-electron chi connectivity index (χ4n) is 4.66. The van der Waals surface area contributed by atoms with Crippen molar-refractivity contribution in [1.82, 2.24) is 0 Å². The van der Waals surface area contributed by atoms with Crippen molar-refractivity contribution in [3.05, 3.63) is 16.9 Å². The molecule has 2 saturated carbocycles. The van der Waals surface area contributed by atoms with Gasteiger partial charge in [0.05, 0.1) is 0 Å². The van der Waals surface area contributed by atoms with Crippen molar-refractivity contribution in [3.63, 3.8) is 0 Å². The molecule has 1 spiro atoms. The molecule has 0 aromatic rings. The normalized spacial score (nSPS) is 48.2. The van der Waals surface area contributed by atoms with Crippen LogP contribution in [0, 0.1) is 16.2 Å². The van der Waals surface area contributed by atoms with Crippen LogP contribution >= 0.6 is 0 Å². The summed E-state index contributed by atoms with van der Waals surface area (Å²) in [6.45, 7) is 12.1. The molecule has 0 aromatic heterocycles. The Morgan fingerprint density at radius 3 is 2.13 bits per heavy atom. The van der Waals surface area contributed by atoms with E-state index < -0.39 is 0 Å². The molecule has 2 fully saturated rings. The van der Waals surface area contributed by atoms with Crippen molar-refractivity contribution in [1.29, 1.82) is 0 Å². The molecule has 0 radical (unpaired) electrons. The first-order valence-corrected chi connectivity index (χ1v) is 7.07. The van der Waals surface area contributed by atoms with Gasteiger partial charge in [-0.2, -0.15) is 0 Å². The maximum atomic E-state index is 3.69. The predicted molar refractivity (Wildman–Crippen MR) is 58.1 cm³/mol. The average molecular weight is 380 g/mol. The molecule has 15 heavy (non-hydrogen) atoms. The zero-order valence-electron chi connectivity index (χ0n) is 10.2. The minimum atomic E-state index is 0.386. The zero-order chi connectivity index (χ0) is 11.3. The van der Waals surface area contributed by atoms with Crippen LogP contribution in [0.3, 0.4) is 0 Å². The average Bonchev–Trinajstić information content (AvgIpc) is 2.23. The number of hydrogen-bond donors (Lipinski definition) is 0. The fourth-order valence-corrected chi connectivity index (χ4v) is 6.97. The van der Waals surface area contributed by atoms with Gasteiger partial charge in [0.25, 0.3) is 0 Å². The van der Waals surface area contributed by atoms with Crippen molar-refractivity contribution in [2.24, 2.45) is 16.2 Å². The van der Waals surface area contributed by atoms with Crippen LogP contribution in [0.2, 0.25) is 3.93 Å². The second-order valence-electron chi connectivity index (χ2n) is 6.51. The third-order valence-electron chi connectivity index (χ3n) is 6.14. The molecule has 0 nitrogen and oxygen atoms in total. The molecule has 0 amide bonds. The Morgan fingerprint density at radius 1 is 1.13 bits per heavy atom. The van der Waals surface area contributed by atoms with Gasteiger partial charge in [-0.05, 0) is 0 Å². The molecule has 0 aliphatic heterocycles. The van der Waals surface area contributed by atoms with Gasteiger partial charge in [0.1, 0.15) is 0 Å². The molecule has 2 atom stereocenters. The summed E-state index contributed by atoms with van der Waals surface area (Å²) in [5.41, 5.74) is 8.16. The predicted octanol–water partition coefficient (Wildman–Crippen LogP) is 4.02. The Hall–Kier alpha value is 0.169. The van der Waals surface area contributed by atoms with Gasteiger partial charge in [0.15, 0.2) is 0 Å². The van der Waals surface area contributed by atoms with Crippen LogP contribution in [0.4, 0.5) is 0 Å².